The molecule has 1 heteroatoms. The topological polar surface area (TPSA) is 20.2 Å². The van der Waals surface area contributed by atoms with Crippen molar-refractivity contribution < 1.29 is 5.11 Å². The number of phenolic OH excluding ortho intramolecular Hbond substituents is 1. The van der Waals surface area contributed by atoms with Gasteiger partial charge in [-0.05, 0) is 51.6 Å². The van der Waals surface area contributed by atoms with Crippen molar-refractivity contribution in [3.05, 3.63) is 65.7 Å². The molecule has 0 fully saturated rings. The monoisotopic (exact) mass is 232 g/mol. The second-order valence-corrected chi connectivity index (χ2v) is 4.84. The van der Waals surface area contributed by atoms with Gasteiger partial charge in [-0.15, -0.1) is 0 Å². The van der Waals surface area contributed by atoms with Crippen LogP contribution in [0.1, 0.15) is 11.1 Å². The van der Waals surface area contributed by atoms with Gasteiger partial charge < -0.3 is 5.11 Å². The van der Waals surface area contributed by atoms with Gasteiger partial charge in [0.1, 0.15) is 5.75 Å². The third-order valence-electron chi connectivity index (χ3n) is 3.76. The van der Waals surface area contributed by atoms with Gasteiger partial charge >= 0.3 is 0 Å². The van der Waals surface area contributed by atoms with Gasteiger partial charge in [0.25, 0.3) is 0 Å². The van der Waals surface area contributed by atoms with Crippen LogP contribution in [0.3, 0.4) is 0 Å². The van der Waals surface area contributed by atoms with Crippen molar-refractivity contribution in [1.29, 1.82) is 0 Å². The van der Waals surface area contributed by atoms with Gasteiger partial charge in [0.05, 0.1) is 0 Å². The summed E-state index contributed by atoms with van der Waals surface area (Å²) in [5.74, 6) is 0.328. The molecule has 0 saturated carbocycles. The average Bonchev–Trinajstić information content (AvgIpc) is 2.77. The summed E-state index contributed by atoms with van der Waals surface area (Å²) in [6, 6.07) is 18.5. The van der Waals surface area contributed by atoms with Gasteiger partial charge in [-0.1, -0.05) is 42.5 Å². The molecule has 0 radical (unpaired) electrons. The summed E-state index contributed by atoms with van der Waals surface area (Å²) < 4.78 is 0. The minimum absolute atomic E-state index is 0.328. The molecule has 0 atom stereocenters. The van der Waals surface area contributed by atoms with E-state index in [1.165, 1.54) is 27.6 Å². The fourth-order valence-electron chi connectivity index (χ4n) is 2.95. The molecular weight excluding hydrogens is 220 g/mol. The largest absolute Gasteiger partial charge is 0.508 e. The Morgan fingerprint density at radius 1 is 0.833 bits per heavy atom. The number of benzene rings is 3. The van der Waals surface area contributed by atoms with Gasteiger partial charge in [0.2, 0.25) is 0 Å². The molecule has 0 bridgehead atoms. The molecule has 0 unspecified atom stereocenters. The summed E-state index contributed by atoms with van der Waals surface area (Å²) in [4.78, 5) is 0. The maximum atomic E-state index is 9.57. The molecule has 0 heterocycles. The highest BCUT2D eigenvalue weighted by Gasteiger charge is 2.19. The molecule has 0 saturated heterocycles. The first-order valence-electron chi connectivity index (χ1n) is 6.16. The van der Waals surface area contributed by atoms with Gasteiger partial charge in [-0.3, -0.25) is 0 Å². The summed E-state index contributed by atoms with van der Waals surface area (Å²) >= 11 is 0. The Hall–Kier alpha value is -2.28. The zero-order chi connectivity index (χ0) is 12.1. The number of aromatic hydroxyl groups is 1. The number of phenols is 1. The SMILES string of the molecule is Oc1ccc2c3c(ccc2c1)Cc1ccccc1-3. The van der Waals surface area contributed by atoms with Crippen molar-refractivity contribution in [1.82, 2.24) is 0 Å². The highest BCUT2D eigenvalue weighted by atomic mass is 16.3. The third-order valence-corrected chi connectivity index (χ3v) is 3.76. The van der Waals surface area contributed by atoms with E-state index < -0.39 is 0 Å². The van der Waals surface area contributed by atoms with E-state index >= 15 is 0 Å². The Bertz CT molecular complexity index is 772. The van der Waals surface area contributed by atoms with E-state index in [1.807, 2.05) is 12.1 Å². The first kappa shape index (κ1) is 9.72. The van der Waals surface area contributed by atoms with Crippen LogP contribution in [0.5, 0.6) is 5.75 Å². The van der Waals surface area contributed by atoms with E-state index in [4.69, 9.17) is 0 Å². The number of fused-ring (bicyclic) bond motifs is 5. The van der Waals surface area contributed by atoms with Crippen molar-refractivity contribution in [2.24, 2.45) is 0 Å². The minimum atomic E-state index is 0.328. The lowest BCUT2D eigenvalue weighted by atomic mass is 9.98. The zero-order valence-electron chi connectivity index (χ0n) is 9.85. The Morgan fingerprint density at radius 2 is 1.72 bits per heavy atom. The molecule has 18 heavy (non-hydrogen) atoms. The molecule has 4 rings (SSSR count). The smallest absolute Gasteiger partial charge is 0.116 e. The Balaban J connectivity index is 2.13. The fraction of sp³-hybridized carbons (Fsp3) is 0.0588. The van der Waals surface area contributed by atoms with Crippen molar-refractivity contribution in [3.63, 3.8) is 0 Å². The van der Waals surface area contributed by atoms with Gasteiger partial charge in [-0.25, -0.2) is 0 Å². The van der Waals surface area contributed by atoms with E-state index in [-0.39, 0.29) is 0 Å². The highest BCUT2D eigenvalue weighted by Crippen LogP contribution is 2.41. The zero-order valence-corrected chi connectivity index (χ0v) is 9.85. The van der Waals surface area contributed by atoms with Crippen LogP contribution >= 0.6 is 0 Å². The quantitative estimate of drug-likeness (QED) is 0.483. The van der Waals surface area contributed by atoms with Crippen LogP contribution in [0.2, 0.25) is 0 Å². The van der Waals surface area contributed by atoms with Gasteiger partial charge in [0.15, 0.2) is 0 Å². The summed E-state index contributed by atoms with van der Waals surface area (Å²) in [5, 5.41) is 11.9. The summed E-state index contributed by atoms with van der Waals surface area (Å²) in [7, 11) is 0. The van der Waals surface area contributed by atoms with E-state index in [9.17, 15) is 5.11 Å². The molecular formula is C17H12O. The molecule has 86 valence electrons. The van der Waals surface area contributed by atoms with Crippen LogP contribution in [-0.2, 0) is 6.42 Å². The average molecular weight is 232 g/mol. The van der Waals surface area contributed by atoms with E-state index in [2.05, 4.69) is 36.4 Å². The van der Waals surface area contributed by atoms with Crippen LogP contribution in [0.25, 0.3) is 21.9 Å². The molecule has 3 aromatic carbocycles. The molecule has 1 N–H and O–H groups in total. The van der Waals surface area contributed by atoms with E-state index in [0.717, 1.165) is 11.8 Å². The van der Waals surface area contributed by atoms with Crippen LogP contribution in [0, 0.1) is 0 Å². The maximum Gasteiger partial charge on any atom is 0.116 e. The predicted molar refractivity (Wildman–Crippen MR) is 73.9 cm³/mol. The Kier molecular flexibility index (Phi) is 1.81. The summed E-state index contributed by atoms with van der Waals surface area (Å²) in [6.07, 6.45) is 1.02. The highest BCUT2D eigenvalue weighted by molar-refractivity contribution is 6.01. The second kappa shape index (κ2) is 3.36. The normalized spacial score (nSPS) is 12.4. The van der Waals surface area contributed by atoms with E-state index in [1.54, 1.807) is 6.07 Å². The number of rotatable bonds is 0. The van der Waals surface area contributed by atoms with Gasteiger partial charge in [0, 0.05) is 0 Å². The lowest BCUT2D eigenvalue weighted by Crippen LogP contribution is -1.82. The third kappa shape index (κ3) is 1.22. The van der Waals surface area contributed by atoms with Crippen LogP contribution in [-0.4, -0.2) is 5.11 Å². The molecule has 1 nitrogen and oxygen atoms in total. The molecule has 3 aromatic rings. The maximum absolute atomic E-state index is 9.57. The summed E-state index contributed by atoms with van der Waals surface area (Å²) in [6.45, 7) is 0. The van der Waals surface area contributed by atoms with Crippen molar-refractivity contribution in [2.45, 2.75) is 6.42 Å². The lowest BCUT2D eigenvalue weighted by Gasteiger charge is -2.07. The first-order chi connectivity index (χ1) is 8.83. The molecule has 0 aliphatic heterocycles. The molecule has 0 amide bonds. The number of hydrogen-bond donors (Lipinski definition) is 1. The van der Waals surface area contributed by atoms with Crippen molar-refractivity contribution in [3.8, 4) is 16.9 Å². The first-order valence-corrected chi connectivity index (χ1v) is 6.16. The summed E-state index contributed by atoms with van der Waals surface area (Å²) in [5.41, 5.74) is 5.45. The molecule has 0 aromatic heterocycles. The Labute approximate surface area is 105 Å². The fourth-order valence-corrected chi connectivity index (χ4v) is 2.95. The second-order valence-electron chi connectivity index (χ2n) is 4.84. The van der Waals surface area contributed by atoms with Crippen LogP contribution < -0.4 is 0 Å². The standard InChI is InChI=1S/C17H12O/c18-14-7-8-16-12(10-14)5-6-13-9-11-3-1-2-4-15(11)17(13)16/h1-8,10,18H,9H2. The van der Waals surface area contributed by atoms with Crippen LogP contribution in [0.4, 0.5) is 0 Å². The van der Waals surface area contributed by atoms with E-state index in [0.29, 0.717) is 5.75 Å². The lowest BCUT2D eigenvalue weighted by molar-refractivity contribution is 0.476. The minimum Gasteiger partial charge on any atom is -0.508 e. The predicted octanol–water partition coefficient (Wildman–Crippen LogP) is 4.12. The van der Waals surface area contributed by atoms with Crippen molar-refractivity contribution >= 4 is 10.8 Å². The number of hydrogen-bond acceptors (Lipinski definition) is 1. The molecule has 0 spiro atoms. The van der Waals surface area contributed by atoms with Crippen molar-refractivity contribution in [2.75, 3.05) is 0 Å². The van der Waals surface area contributed by atoms with Gasteiger partial charge in [-0.2, -0.15) is 0 Å². The Morgan fingerprint density at radius 3 is 2.67 bits per heavy atom. The van der Waals surface area contributed by atoms with Crippen LogP contribution in [0.15, 0.2) is 54.6 Å². The molecule has 1 aliphatic carbocycles. The molecule has 1 aliphatic rings.